The van der Waals surface area contributed by atoms with E-state index in [4.69, 9.17) is 4.42 Å². The van der Waals surface area contributed by atoms with Crippen LogP contribution in [0.2, 0.25) is 0 Å². The fourth-order valence-corrected chi connectivity index (χ4v) is 3.41. The average molecular weight is 407 g/mol. The molecule has 1 N–H and O–H groups in total. The molecule has 0 aromatic carbocycles. The van der Waals surface area contributed by atoms with Gasteiger partial charge in [-0.2, -0.15) is 5.10 Å². The van der Waals surface area contributed by atoms with Crippen molar-refractivity contribution in [2.45, 2.75) is 19.4 Å². The van der Waals surface area contributed by atoms with Crippen molar-refractivity contribution < 1.29 is 9.21 Å². The summed E-state index contributed by atoms with van der Waals surface area (Å²) in [5.74, 6) is 0.103. The van der Waals surface area contributed by atoms with E-state index in [-0.39, 0.29) is 0 Å². The number of aromatic nitrogens is 4. The maximum atomic E-state index is 13.0. The fraction of sp³-hybridized carbons (Fsp3) is 0.150. The predicted octanol–water partition coefficient (Wildman–Crippen LogP) is 3.40. The molecule has 29 heavy (non-hydrogen) atoms. The van der Waals surface area contributed by atoms with Crippen LogP contribution in [0.5, 0.6) is 0 Å². The maximum Gasteiger partial charge on any atom is 0.267 e. The van der Waals surface area contributed by atoms with Crippen molar-refractivity contribution in [3.05, 3.63) is 70.8 Å². The minimum atomic E-state index is -1.25. The van der Waals surface area contributed by atoms with Crippen LogP contribution in [0.25, 0.3) is 22.7 Å². The first-order chi connectivity index (χ1) is 13.9. The van der Waals surface area contributed by atoms with E-state index in [2.05, 4.69) is 20.4 Å². The standard InChI is InChI=1S/C20H17N5O3S/c1-20(2,25-17(26)8-7-14(24-25)16-6-4-10-28-16)18(27)23-19-22-15(12-29-19)13-5-3-9-21-11-13/h3-12H,1-2H3,(H,22,23,27). The highest BCUT2D eigenvalue weighted by Gasteiger charge is 2.33. The molecule has 1 amide bonds. The second-order valence-corrected chi connectivity index (χ2v) is 7.60. The van der Waals surface area contributed by atoms with Crippen molar-refractivity contribution in [1.82, 2.24) is 19.7 Å². The molecule has 0 atom stereocenters. The van der Waals surface area contributed by atoms with E-state index in [1.807, 2.05) is 17.5 Å². The van der Waals surface area contributed by atoms with Gasteiger partial charge in [-0.3, -0.25) is 19.9 Å². The number of carbonyl (C=O) groups is 1. The Bertz CT molecular complexity index is 1200. The lowest BCUT2D eigenvalue weighted by atomic mass is 10.1. The molecule has 0 saturated carbocycles. The highest BCUT2D eigenvalue weighted by Crippen LogP contribution is 2.26. The summed E-state index contributed by atoms with van der Waals surface area (Å²) in [5.41, 5.74) is 0.387. The van der Waals surface area contributed by atoms with Gasteiger partial charge in [0, 0.05) is 29.4 Å². The quantitative estimate of drug-likeness (QED) is 0.544. The molecule has 8 nitrogen and oxygen atoms in total. The summed E-state index contributed by atoms with van der Waals surface area (Å²) in [6, 6.07) is 10.1. The summed E-state index contributed by atoms with van der Waals surface area (Å²) in [6.07, 6.45) is 4.91. The van der Waals surface area contributed by atoms with Crippen LogP contribution < -0.4 is 10.9 Å². The van der Waals surface area contributed by atoms with E-state index >= 15 is 0 Å². The first kappa shape index (κ1) is 18.8. The summed E-state index contributed by atoms with van der Waals surface area (Å²) in [5, 5.41) is 9.37. The zero-order valence-corrected chi connectivity index (χ0v) is 16.5. The van der Waals surface area contributed by atoms with Crippen LogP contribution in [0, 0.1) is 0 Å². The maximum absolute atomic E-state index is 13.0. The number of hydrogen-bond donors (Lipinski definition) is 1. The molecule has 9 heteroatoms. The van der Waals surface area contributed by atoms with Crippen LogP contribution in [-0.4, -0.2) is 25.7 Å². The van der Waals surface area contributed by atoms with Crippen LogP contribution in [0.1, 0.15) is 13.8 Å². The summed E-state index contributed by atoms with van der Waals surface area (Å²) < 4.78 is 6.48. The minimum absolute atomic E-state index is 0.393. The number of carbonyl (C=O) groups excluding carboxylic acids is 1. The molecule has 0 aliphatic heterocycles. The molecule has 4 heterocycles. The van der Waals surface area contributed by atoms with Crippen molar-refractivity contribution >= 4 is 22.4 Å². The van der Waals surface area contributed by atoms with Crippen molar-refractivity contribution in [2.75, 3.05) is 5.32 Å². The van der Waals surface area contributed by atoms with E-state index in [1.54, 1.807) is 44.4 Å². The zero-order valence-electron chi connectivity index (χ0n) is 15.7. The number of anilines is 1. The lowest BCUT2D eigenvalue weighted by Crippen LogP contribution is -2.47. The van der Waals surface area contributed by atoms with Crippen LogP contribution in [0.15, 0.2) is 69.6 Å². The fourth-order valence-electron chi connectivity index (χ4n) is 2.69. The van der Waals surface area contributed by atoms with Crippen molar-refractivity contribution in [3.63, 3.8) is 0 Å². The Kier molecular flexibility index (Phi) is 4.81. The molecule has 0 fully saturated rings. The Morgan fingerprint density at radius 1 is 1.17 bits per heavy atom. The summed E-state index contributed by atoms with van der Waals surface area (Å²) in [4.78, 5) is 33.9. The molecule has 4 aromatic heterocycles. The molecule has 0 unspecified atom stereocenters. The topological polar surface area (TPSA) is 103 Å². The van der Waals surface area contributed by atoms with Gasteiger partial charge < -0.3 is 4.42 Å². The number of amides is 1. The molecule has 0 radical (unpaired) electrons. The number of rotatable bonds is 5. The van der Waals surface area contributed by atoms with Crippen LogP contribution in [-0.2, 0) is 10.3 Å². The average Bonchev–Trinajstić information content (AvgIpc) is 3.41. The minimum Gasteiger partial charge on any atom is -0.463 e. The first-order valence-electron chi connectivity index (χ1n) is 8.77. The molecular formula is C20H17N5O3S. The van der Waals surface area contributed by atoms with Gasteiger partial charge in [0.15, 0.2) is 10.9 Å². The van der Waals surface area contributed by atoms with E-state index in [9.17, 15) is 9.59 Å². The molecule has 0 bridgehead atoms. The molecule has 4 aromatic rings. The molecule has 0 aliphatic rings. The van der Waals surface area contributed by atoms with Gasteiger partial charge >= 0.3 is 0 Å². The Morgan fingerprint density at radius 3 is 2.76 bits per heavy atom. The van der Waals surface area contributed by atoms with Crippen molar-refractivity contribution in [1.29, 1.82) is 0 Å². The molecule has 146 valence electrons. The number of nitrogens with zero attached hydrogens (tertiary/aromatic N) is 4. The monoisotopic (exact) mass is 407 g/mol. The van der Waals surface area contributed by atoms with Gasteiger partial charge in [-0.05, 0) is 44.2 Å². The van der Waals surface area contributed by atoms with Gasteiger partial charge in [-0.15, -0.1) is 11.3 Å². The second kappa shape index (κ2) is 7.44. The Morgan fingerprint density at radius 2 is 2.03 bits per heavy atom. The van der Waals surface area contributed by atoms with Gasteiger partial charge in [-0.1, -0.05) is 0 Å². The predicted molar refractivity (Wildman–Crippen MR) is 109 cm³/mol. The molecule has 4 rings (SSSR count). The second-order valence-electron chi connectivity index (χ2n) is 6.74. The van der Waals surface area contributed by atoms with Crippen LogP contribution in [0.4, 0.5) is 5.13 Å². The number of thiazole rings is 1. The number of pyridine rings is 1. The third-order valence-corrected chi connectivity index (χ3v) is 5.10. The van der Waals surface area contributed by atoms with E-state index in [1.165, 1.54) is 23.7 Å². The molecule has 0 spiro atoms. The van der Waals surface area contributed by atoms with E-state index < -0.39 is 17.0 Å². The Balaban J connectivity index is 1.59. The van der Waals surface area contributed by atoms with Gasteiger partial charge in [0.1, 0.15) is 11.2 Å². The smallest absolute Gasteiger partial charge is 0.267 e. The lowest BCUT2D eigenvalue weighted by molar-refractivity contribution is -0.123. The Hall–Kier alpha value is -3.59. The first-order valence-corrected chi connectivity index (χ1v) is 9.65. The Labute approximate surface area is 169 Å². The highest BCUT2D eigenvalue weighted by atomic mass is 32.1. The van der Waals surface area contributed by atoms with Gasteiger partial charge in [0.2, 0.25) is 0 Å². The zero-order chi connectivity index (χ0) is 20.4. The molecule has 0 saturated heterocycles. The SMILES string of the molecule is CC(C)(C(=O)Nc1nc(-c2cccnc2)cs1)n1nc(-c2ccco2)ccc1=O. The van der Waals surface area contributed by atoms with Gasteiger partial charge in [0.25, 0.3) is 11.5 Å². The largest absolute Gasteiger partial charge is 0.463 e. The van der Waals surface area contributed by atoms with Crippen LogP contribution >= 0.6 is 11.3 Å². The van der Waals surface area contributed by atoms with Gasteiger partial charge in [0.05, 0.1) is 12.0 Å². The molecular weight excluding hydrogens is 390 g/mol. The van der Waals surface area contributed by atoms with E-state index in [0.29, 0.717) is 22.3 Å². The van der Waals surface area contributed by atoms with Crippen molar-refractivity contribution in [2.24, 2.45) is 0 Å². The molecule has 0 aliphatic carbocycles. The number of furan rings is 1. The van der Waals surface area contributed by atoms with Crippen LogP contribution in [0.3, 0.4) is 0 Å². The highest BCUT2D eigenvalue weighted by molar-refractivity contribution is 7.14. The number of hydrogen-bond acceptors (Lipinski definition) is 7. The van der Waals surface area contributed by atoms with E-state index in [0.717, 1.165) is 10.2 Å². The normalized spacial score (nSPS) is 11.4. The van der Waals surface area contributed by atoms with Gasteiger partial charge in [-0.25, -0.2) is 9.67 Å². The summed E-state index contributed by atoms with van der Waals surface area (Å²) in [7, 11) is 0. The summed E-state index contributed by atoms with van der Waals surface area (Å²) in [6.45, 7) is 3.25. The third-order valence-electron chi connectivity index (χ3n) is 4.34. The summed E-state index contributed by atoms with van der Waals surface area (Å²) >= 11 is 1.30. The number of nitrogens with one attached hydrogen (secondary N) is 1. The third kappa shape index (κ3) is 3.72. The van der Waals surface area contributed by atoms with Crippen molar-refractivity contribution in [3.8, 4) is 22.7 Å². The lowest BCUT2D eigenvalue weighted by Gasteiger charge is -2.24.